The van der Waals surface area contributed by atoms with Gasteiger partial charge in [0.25, 0.3) is 5.69 Å². The van der Waals surface area contributed by atoms with Gasteiger partial charge in [0.05, 0.1) is 21.6 Å². The van der Waals surface area contributed by atoms with Gasteiger partial charge in [-0.1, -0.05) is 6.07 Å². The van der Waals surface area contributed by atoms with Crippen molar-refractivity contribution in [2.24, 2.45) is 5.10 Å². The fraction of sp³-hybridized carbons (Fsp3) is 0.143. The van der Waals surface area contributed by atoms with Crippen molar-refractivity contribution < 1.29 is 38.4 Å². The predicted octanol–water partition coefficient (Wildman–Crippen LogP) is -0.717. The normalized spacial score (nSPS) is 10.6. The molecule has 10 heteroatoms. The summed E-state index contributed by atoms with van der Waals surface area (Å²) in [6.07, 6.45) is 3.74. The number of benzene rings is 1. The highest BCUT2D eigenvalue weighted by atomic mass is 127. The van der Waals surface area contributed by atoms with E-state index < -0.39 is 15.5 Å². The molecule has 9 nitrogen and oxygen atoms in total. The van der Waals surface area contributed by atoms with Gasteiger partial charge in [0, 0.05) is 18.2 Å². The second-order valence-electron chi connectivity index (χ2n) is 4.72. The summed E-state index contributed by atoms with van der Waals surface area (Å²) in [5.41, 5.74) is 2.63. The van der Waals surface area contributed by atoms with Gasteiger partial charge in [-0.05, 0) is 13.0 Å². The number of hydrogen-bond acceptors (Lipinski definition) is 6. The first-order valence-corrected chi connectivity index (χ1v) is 6.63. The highest BCUT2D eigenvalue weighted by Crippen LogP contribution is 2.28. The van der Waals surface area contributed by atoms with E-state index in [1.807, 2.05) is 35.2 Å². The van der Waals surface area contributed by atoms with E-state index in [1.165, 1.54) is 12.1 Å². The lowest BCUT2D eigenvalue weighted by Crippen LogP contribution is -3.00. The lowest BCUT2D eigenvalue weighted by Gasteiger charge is -2.03. The number of non-ortho nitro benzene ring substituents is 1. The zero-order chi connectivity index (χ0) is 16.8. The second-order valence-corrected chi connectivity index (χ2v) is 4.72. The summed E-state index contributed by atoms with van der Waals surface area (Å²) in [5.74, 6) is 0. The third kappa shape index (κ3) is 5.22. The van der Waals surface area contributed by atoms with Gasteiger partial charge in [-0.15, -0.1) is 0 Å². The Morgan fingerprint density at radius 3 is 2.42 bits per heavy atom. The topological polar surface area (TPSA) is 115 Å². The molecule has 0 aliphatic carbocycles. The van der Waals surface area contributed by atoms with Crippen LogP contribution in [0.25, 0.3) is 0 Å². The average Bonchev–Trinajstić information content (AvgIpc) is 2.53. The lowest BCUT2D eigenvalue weighted by molar-refractivity contribution is -0.682. The van der Waals surface area contributed by atoms with Crippen LogP contribution in [0, 0.1) is 20.2 Å². The Hall–Kier alpha value is -2.63. The first-order chi connectivity index (χ1) is 11.0. The molecule has 0 aliphatic heterocycles. The smallest absolute Gasteiger partial charge is 0.301 e. The van der Waals surface area contributed by atoms with Crippen LogP contribution in [0.1, 0.15) is 6.92 Å². The summed E-state index contributed by atoms with van der Waals surface area (Å²) in [5, 5.41) is 25.8. The van der Waals surface area contributed by atoms with Crippen LogP contribution in [0.4, 0.5) is 17.1 Å². The van der Waals surface area contributed by atoms with Gasteiger partial charge in [-0.2, -0.15) is 9.67 Å². The van der Waals surface area contributed by atoms with E-state index in [0.717, 1.165) is 6.07 Å². The number of rotatable bonds is 6. The third-order valence-corrected chi connectivity index (χ3v) is 2.94. The second kappa shape index (κ2) is 8.86. The number of aromatic nitrogens is 1. The predicted molar refractivity (Wildman–Crippen MR) is 83.1 cm³/mol. The van der Waals surface area contributed by atoms with E-state index in [4.69, 9.17) is 0 Å². The van der Waals surface area contributed by atoms with Gasteiger partial charge in [0.2, 0.25) is 0 Å². The van der Waals surface area contributed by atoms with Crippen molar-refractivity contribution in [3.05, 3.63) is 69.0 Å². The van der Waals surface area contributed by atoms with Crippen LogP contribution in [0.3, 0.4) is 0 Å². The zero-order valence-electron chi connectivity index (χ0n) is 12.6. The lowest BCUT2D eigenvalue weighted by atomic mass is 10.2. The molecule has 0 atom stereocenters. The highest BCUT2D eigenvalue weighted by Gasteiger charge is 2.19. The van der Waals surface area contributed by atoms with Crippen LogP contribution < -0.4 is 34.0 Å². The monoisotopic (exact) mass is 443 g/mol. The number of nitro groups is 2. The molecular formula is C14H14IN5O4. The summed E-state index contributed by atoms with van der Waals surface area (Å²) >= 11 is 0. The molecule has 24 heavy (non-hydrogen) atoms. The first-order valence-electron chi connectivity index (χ1n) is 6.63. The summed E-state index contributed by atoms with van der Waals surface area (Å²) in [7, 11) is 0. The molecule has 1 heterocycles. The largest absolute Gasteiger partial charge is 1.00 e. The Kier molecular flexibility index (Phi) is 7.17. The summed E-state index contributed by atoms with van der Waals surface area (Å²) in [6, 6.07) is 9.00. The molecule has 0 amide bonds. The molecule has 1 aromatic carbocycles. The number of anilines is 1. The van der Waals surface area contributed by atoms with Gasteiger partial charge in [0.15, 0.2) is 18.9 Å². The van der Waals surface area contributed by atoms with Crippen molar-refractivity contribution in [2.75, 3.05) is 5.43 Å². The maximum absolute atomic E-state index is 11.0. The van der Waals surface area contributed by atoms with Crippen LogP contribution >= 0.6 is 0 Å². The Morgan fingerprint density at radius 1 is 1.17 bits per heavy atom. The first kappa shape index (κ1) is 19.4. The molecule has 0 saturated carbocycles. The van der Waals surface area contributed by atoms with Gasteiger partial charge in [0.1, 0.15) is 5.69 Å². The van der Waals surface area contributed by atoms with Gasteiger partial charge in [-0.3, -0.25) is 25.7 Å². The average molecular weight is 443 g/mol. The Labute approximate surface area is 154 Å². The molecule has 1 N–H and O–H groups in total. The van der Waals surface area contributed by atoms with Gasteiger partial charge in [-0.25, -0.2) is 0 Å². The minimum absolute atomic E-state index is 0. The summed E-state index contributed by atoms with van der Waals surface area (Å²) in [6.45, 7) is 2.28. The van der Waals surface area contributed by atoms with Gasteiger partial charge >= 0.3 is 5.69 Å². The molecule has 0 spiro atoms. The number of hydrogen-bond donors (Lipinski definition) is 1. The van der Waals surface area contributed by atoms with Crippen LogP contribution in [-0.4, -0.2) is 15.6 Å². The van der Waals surface area contributed by atoms with Crippen molar-refractivity contribution in [3.63, 3.8) is 0 Å². The third-order valence-electron chi connectivity index (χ3n) is 2.94. The van der Waals surface area contributed by atoms with Crippen molar-refractivity contribution in [2.45, 2.75) is 13.5 Å². The molecule has 0 aliphatic rings. The van der Waals surface area contributed by atoms with E-state index in [0.29, 0.717) is 12.3 Å². The zero-order valence-corrected chi connectivity index (χ0v) is 14.8. The van der Waals surface area contributed by atoms with Crippen LogP contribution in [0.15, 0.2) is 53.9 Å². The van der Waals surface area contributed by atoms with E-state index in [-0.39, 0.29) is 35.4 Å². The SMILES string of the molecule is CC(C[n+]1ccccc1)=NNc1ccc([N+](=O)[O-])cc1[N+](=O)[O-].[I-]. The van der Waals surface area contributed by atoms with Crippen LogP contribution in [0.5, 0.6) is 0 Å². The Morgan fingerprint density at radius 2 is 1.83 bits per heavy atom. The number of hydrazone groups is 1. The molecule has 126 valence electrons. The van der Waals surface area contributed by atoms with Crippen molar-refractivity contribution in [1.29, 1.82) is 0 Å². The fourth-order valence-electron chi connectivity index (χ4n) is 1.87. The highest BCUT2D eigenvalue weighted by molar-refractivity contribution is 5.81. The number of halogens is 1. The maximum atomic E-state index is 11.0. The van der Waals surface area contributed by atoms with Crippen LogP contribution in [-0.2, 0) is 6.54 Å². The maximum Gasteiger partial charge on any atom is 0.301 e. The van der Waals surface area contributed by atoms with E-state index in [1.54, 1.807) is 6.92 Å². The van der Waals surface area contributed by atoms with Crippen molar-refractivity contribution >= 4 is 22.8 Å². The van der Waals surface area contributed by atoms with E-state index in [9.17, 15) is 20.2 Å². The van der Waals surface area contributed by atoms with Crippen molar-refractivity contribution in [3.8, 4) is 0 Å². The molecule has 0 unspecified atom stereocenters. The minimum atomic E-state index is -0.688. The quantitative estimate of drug-likeness (QED) is 0.208. The van der Waals surface area contributed by atoms with Crippen molar-refractivity contribution in [1.82, 2.24) is 0 Å². The Bertz CT molecular complexity index is 767. The molecular weight excluding hydrogens is 429 g/mol. The number of pyridine rings is 1. The molecule has 0 bridgehead atoms. The number of nitrogens with zero attached hydrogens (tertiary/aromatic N) is 4. The molecule has 0 radical (unpaired) electrons. The van der Waals surface area contributed by atoms with E-state index >= 15 is 0 Å². The molecule has 0 fully saturated rings. The summed E-state index contributed by atoms with van der Waals surface area (Å²) < 4.78 is 1.89. The Balaban J connectivity index is 0.00000288. The molecule has 2 aromatic rings. The molecule has 2 rings (SSSR count). The minimum Gasteiger partial charge on any atom is -1.00 e. The fourth-order valence-corrected chi connectivity index (χ4v) is 1.87. The molecule has 0 saturated heterocycles. The summed E-state index contributed by atoms with van der Waals surface area (Å²) in [4.78, 5) is 20.3. The molecule has 1 aromatic heterocycles. The number of nitro benzene ring substituents is 2. The van der Waals surface area contributed by atoms with E-state index in [2.05, 4.69) is 10.5 Å². The number of nitrogens with one attached hydrogen (secondary N) is 1. The van der Waals surface area contributed by atoms with Gasteiger partial charge < -0.3 is 24.0 Å². The standard InChI is InChI=1S/C14H14N5O4.HI/c1-11(10-17-7-3-2-4-8-17)15-16-13-6-5-12(18(20)21)9-14(13)19(22)23;/h2-9,16H,10H2,1H3;1H/q+1;/p-1. The van der Waals surface area contributed by atoms with Crippen LogP contribution in [0.2, 0.25) is 0 Å².